The van der Waals surface area contributed by atoms with E-state index in [1.807, 2.05) is 121 Å². The fraction of sp³-hybridized carbons (Fsp3) is 0.268. The van der Waals surface area contributed by atoms with Crippen LogP contribution in [0.3, 0.4) is 0 Å². The van der Waals surface area contributed by atoms with Crippen molar-refractivity contribution in [3.05, 3.63) is 132 Å². The van der Waals surface area contributed by atoms with Crippen molar-refractivity contribution in [3.63, 3.8) is 0 Å². The minimum Gasteiger partial charge on any atom is -0.166 e. The van der Waals surface area contributed by atoms with E-state index in [9.17, 15) is 0 Å². The summed E-state index contributed by atoms with van der Waals surface area (Å²) in [5.74, 6) is 0. The molecule has 3 heteroatoms. The van der Waals surface area contributed by atoms with E-state index < -0.39 is 11.7 Å². The van der Waals surface area contributed by atoms with E-state index in [0.29, 0.717) is 35.1 Å². The molecule has 0 N–H and O–H groups in total. The normalized spacial score (nSPS) is 11.5. The third kappa shape index (κ3) is 7.33. The molecule has 5 aromatic carbocycles. The lowest BCUT2D eigenvalue weighted by Crippen LogP contribution is -2.15. The molecule has 0 radical (unpaired) electrons. The largest absolute Gasteiger partial charge is 0.417 e. The second-order valence-electron chi connectivity index (χ2n) is 11.5. The van der Waals surface area contributed by atoms with Crippen molar-refractivity contribution in [2.45, 2.75) is 70.9 Å². The van der Waals surface area contributed by atoms with Gasteiger partial charge in [-0.2, -0.15) is 13.2 Å². The van der Waals surface area contributed by atoms with Crippen LogP contribution in [0.25, 0.3) is 44.5 Å². The summed E-state index contributed by atoms with van der Waals surface area (Å²) >= 11 is 0. The molecule has 5 rings (SSSR count). The first-order valence-corrected chi connectivity index (χ1v) is 16.0. The van der Waals surface area contributed by atoms with Crippen LogP contribution in [0.1, 0.15) is 69.4 Å². The molecule has 0 nitrogen and oxygen atoms in total. The minimum absolute atomic E-state index is 0.261. The Labute approximate surface area is 260 Å². The van der Waals surface area contributed by atoms with Gasteiger partial charge in [-0.15, -0.1) is 0 Å². The SMILES string of the molecule is CCCCCCCCCCc1c(-c2ccccc2)c(-c2ccccc2)c(-c2ccccc2)c(-c2ccccc2)c1C(F)(F)F. The topological polar surface area (TPSA) is 0 Å². The van der Waals surface area contributed by atoms with Gasteiger partial charge in [0.1, 0.15) is 0 Å². The zero-order valence-corrected chi connectivity index (χ0v) is 25.5. The van der Waals surface area contributed by atoms with Gasteiger partial charge < -0.3 is 0 Å². The van der Waals surface area contributed by atoms with Crippen molar-refractivity contribution in [1.82, 2.24) is 0 Å². The van der Waals surface area contributed by atoms with Gasteiger partial charge in [0.25, 0.3) is 0 Å². The van der Waals surface area contributed by atoms with Gasteiger partial charge in [0, 0.05) is 5.56 Å². The molecule has 0 saturated heterocycles. The van der Waals surface area contributed by atoms with E-state index in [1.165, 1.54) is 25.7 Å². The van der Waals surface area contributed by atoms with Crippen LogP contribution in [0.4, 0.5) is 13.2 Å². The Hall–Kier alpha value is -4.11. The van der Waals surface area contributed by atoms with Gasteiger partial charge in [-0.1, -0.05) is 173 Å². The molecule has 226 valence electrons. The fourth-order valence-corrected chi connectivity index (χ4v) is 6.40. The highest BCUT2D eigenvalue weighted by atomic mass is 19.4. The van der Waals surface area contributed by atoms with Crippen molar-refractivity contribution in [1.29, 1.82) is 0 Å². The van der Waals surface area contributed by atoms with E-state index >= 15 is 13.2 Å². The molecule has 0 aliphatic carbocycles. The van der Waals surface area contributed by atoms with Crippen LogP contribution in [0.15, 0.2) is 121 Å². The maximum absolute atomic E-state index is 15.7. The Bertz CT molecular complexity index is 1590. The van der Waals surface area contributed by atoms with Crippen LogP contribution < -0.4 is 0 Å². The first-order valence-electron chi connectivity index (χ1n) is 16.0. The summed E-state index contributed by atoms with van der Waals surface area (Å²) in [7, 11) is 0. The number of unbranched alkanes of at least 4 members (excludes halogenated alkanes) is 7. The number of halogens is 3. The molecule has 0 saturated carbocycles. The summed E-state index contributed by atoms with van der Waals surface area (Å²) in [6, 6.07) is 38.3. The fourth-order valence-electron chi connectivity index (χ4n) is 6.40. The summed E-state index contributed by atoms with van der Waals surface area (Å²) in [4.78, 5) is 0. The van der Waals surface area contributed by atoms with Gasteiger partial charge in [-0.25, -0.2) is 0 Å². The third-order valence-electron chi connectivity index (χ3n) is 8.42. The molecule has 0 unspecified atom stereocenters. The van der Waals surface area contributed by atoms with Gasteiger partial charge in [0.2, 0.25) is 0 Å². The van der Waals surface area contributed by atoms with Crippen LogP contribution >= 0.6 is 0 Å². The molecule has 0 aromatic heterocycles. The average molecular weight is 591 g/mol. The number of benzene rings is 5. The van der Waals surface area contributed by atoms with Crippen LogP contribution in [0.2, 0.25) is 0 Å². The smallest absolute Gasteiger partial charge is 0.166 e. The maximum atomic E-state index is 15.7. The second kappa shape index (κ2) is 15.1. The Morgan fingerprint density at radius 2 is 0.750 bits per heavy atom. The Morgan fingerprint density at radius 1 is 0.409 bits per heavy atom. The second-order valence-corrected chi connectivity index (χ2v) is 11.5. The van der Waals surface area contributed by atoms with Crippen molar-refractivity contribution >= 4 is 0 Å². The van der Waals surface area contributed by atoms with Crippen LogP contribution in [-0.2, 0) is 12.6 Å². The molecule has 0 aliphatic rings. The molecular weight excluding hydrogens is 549 g/mol. The summed E-state index contributed by atoms with van der Waals surface area (Å²) in [5, 5.41) is 0. The average Bonchev–Trinajstić information content (AvgIpc) is 3.06. The van der Waals surface area contributed by atoms with Crippen molar-refractivity contribution in [2.75, 3.05) is 0 Å². The Kier molecular flexibility index (Phi) is 10.7. The number of alkyl halides is 3. The molecule has 0 amide bonds. The van der Waals surface area contributed by atoms with Gasteiger partial charge in [-0.3, -0.25) is 0 Å². The van der Waals surface area contributed by atoms with Crippen LogP contribution in [0.5, 0.6) is 0 Å². The van der Waals surface area contributed by atoms with Gasteiger partial charge >= 0.3 is 6.18 Å². The van der Waals surface area contributed by atoms with Gasteiger partial charge in [-0.05, 0) is 57.3 Å². The minimum atomic E-state index is -4.55. The summed E-state index contributed by atoms with van der Waals surface area (Å²) < 4.78 is 47.0. The number of hydrogen-bond donors (Lipinski definition) is 0. The highest BCUT2D eigenvalue weighted by Gasteiger charge is 2.40. The predicted molar refractivity (Wildman–Crippen MR) is 180 cm³/mol. The lowest BCUT2D eigenvalue weighted by Gasteiger charge is -2.29. The molecule has 0 aliphatic heterocycles. The van der Waals surface area contributed by atoms with Crippen LogP contribution in [0, 0.1) is 0 Å². The highest BCUT2D eigenvalue weighted by Crippen LogP contribution is 2.53. The van der Waals surface area contributed by atoms with E-state index in [-0.39, 0.29) is 5.56 Å². The molecule has 0 fully saturated rings. The van der Waals surface area contributed by atoms with Crippen molar-refractivity contribution < 1.29 is 13.2 Å². The highest BCUT2D eigenvalue weighted by molar-refractivity contribution is 6.04. The molecular formula is C41H41F3. The summed E-state index contributed by atoms with van der Waals surface area (Å²) in [5.41, 5.74) is 5.37. The number of rotatable bonds is 13. The predicted octanol–water partition coefficient (Wildman–Crippen LogP) is 13.1. The van der Waals surface area contributed by atoms with Gasteiger partial charge in [0.05, 0.1) is 5.56 Å². The van der Waals surface area contributed by atoms with E-state index in [4.69, 9.17) is 0 Å². The quantitative estimate of drug-likeness (QED) is 0.120. The third-order valence-corrected chi connectivity index (χ3v) is 8.42. The van der Waals surface area contributed by atoms with Gasteiger partial charge in [0.15, 0.2) is 0 Å². The lowest BCUT2D eigenvalue weighted by molar-refractivity contribution is -0.137. The standard InChI is InChI=1S/C41H41F3/c1-2-3-4-5-6-7-8-21-30-35-36(31-22-13-9-14-23-31)37(32-24-15-10-16-25-32)38(33-26-17-11-18-27-33)39(40(35)41(42,43)44)34-28-19-12-20-29-34/h9-20,22-29H,2-8,21,30H2,1H3. The zero-order valence-electron chi connectivity index (χ0n) is 25.5. The van der Waals surface area contributed by atoms with E-state index in [1.54, 1.807) is 0 Å². The Balaban J connectivity index is 1.82. The molecule has 0 bridgehead atoms. The van der Waals surface area contributed by atoms with E-state index in [0.717, 1.165) is 41.5 Å². The lowest BCUT2D eigenvalue weighted by atomic mass is 9.76. The van der Waals surface area contributed by atoms with Crippen molar-refractivity contribution in [3.8, 4) is 44.5 Å². The molecule has 0 spiro atoms. The number of hydrogen-bond acceptors (Lipinski definition) is 0. The molecule has 0 heterocycles. The van der Waals surface area contributed by atoms with Crippen molar-refractivity contribution in [2.24, 2.45) is 0 Å². The first-order chi connectivity index (χ1) is 21.5. The maximum Gasteiger partial charge on any atom is 0.417 e. The molecule has 5 aromatic rings. The Morgan fingerprint density at radius 3 is 1.16 bits per heavy atom. The first kappa shape index (κ1) is 31.3. The monoisotopic (exact) mass is 590 g/mol. The molecule has 44 heavy (non-hydrogen) atoms. The zero-order chi connectivity index (χ0) is 30.8. The summed E-state index contributed by atoms with van der Waals surface area (Å²) in [6.07, 6.45) is 4.49. The molecule has 0 atom stereocenters. The summed E-state index contributed by atoms with van der Waals surface area (Å²) in [6.45, 7) is 2.21. The van der Waals surface area contributed by atoms with Crippen LogP contribution in [-0.4, -0.2) is 0 Å². The van der Waals surface area contributed by atoms with E-state index in [2.05, 4.69) is 6.92 Å².